The van der Waals surface area contributed by atoms with E-state index < -0.39 is 53.0 Å². The molecule has 6 aromatic rings. The van der Waals surface area contributed by atoms with Crippen LogP contribution in [-0.2, 0) is 27.5 Å². The van der Waals surface area contributed by atoms with Gasteiger partial charge in [0.1, 0.15) is 23.7 Å². The number of carbonyl (C=O) groups excluding carboxylic acids is 4. The van der Waals surface area contributed by atoms with Crippen LogP contribution in [0.1, 0.15) is 78.3 Å². The Labute approximate surface area is 406 Å². The molecule has 0 spiro atoms. The fourth-order valence-electron chi connectivity index (χ4n) is 8.32. The quantitative estimate of drug-likeness (QED) is 0.0675. The van der Waals surface area contributed by atoms with Crippen LogP contribution in [0.2, 0.25) is 5.02 Å². The van der Waals surface area contributed by atoms with Crippen LogP contribution in [-0.4, -0.2) is 85.6 Å². The van der Waals surface area contributed by atoms with Gasteiger partial charge in [0.2, 0.25) is 23.7 Å². The van der Waals surface area contributed by atoms with Crippen LogP contribution in [0, 0.1) is 24.0 Å². The Balaban J connectivity index is 0.825. The van der Waals surface area contributed by atoms with E-state index in [4.69, 9.17) is 16.6 Å². The van der Waals surface area contributed by atoms with Crippen LogP contribution in [0.4, 0.5) is 20.4 Å². The molecular formula is C51H50ClF2N9O5S. The summed E-state index contributed by atoms with van der Waals surface area (Å²) >= 11 is 7.91. The van der Waals surface area contributed by atoms with E-state index >= 15 is 0 Å². The van der Waals surface area contributed by atoms with E-state index in [-0.39, 0.29) is 68.6 Å². The number of nitrogens with zero attached hydrogens (tertiary/aromatic N) is 5. The first-order valence-corrected chi connectivity index (χ1v) is 23.6. The molecule has 356 valence electrons. The van der Waals surface area contributed by atoms with Gasteiger partial charge in [-0.3, -0.25) is 24.2 Å². The highest BCUT2D eigenvalue weighted by Crippen LogP contribution is 2.35. The van der Waals surface area contributed by atoms with E-state index in [9.17, 15) is 33.1 Å². The zero-order valence-electron chi connectivity index (χ0n) is 38.3. The van der Waals surface area contributed by atoms with Crippen molar-refractivity contribution in [2.75, 3.05) is 18.4 Å². The number of aromatic nitrogens is 3. The fraction of sp³-hybridized carbons (Fsp3) is 0.294. The molecule has 3 atom stereocenters. The Morgan fingerprint density at radius 3 is 2.38 bits per heavy atom. The van der Waals surface area contributed by atoms with Gasteiger partial charge >= 0.3 is 0 Å². The first kappa shape index (κ1) is 48.5. The van der Waals surface area contributed by atoms with E-state index in [1.54, 1.807) is 65.5 Å². The zero-order valence-corrected chi connectivity index (χ0v) is 39.9. The Hall–Kier alpha value is -6.95. The number of likely N-dealkylation sites (tertiary alicyclic amines) is 1. The second kappa shape index (κ2) is 20.7. The van der Waals surface area contributed by atoms with Gasteiger partial charge in [0.25, 0.3) is 5.91 Å². The number of rotatable bonds is 14. The Morgan fingerprint density at radius 2 is 1.68 bits per heavy atom. The number of aliphatic imine (C=N–C) groups is 1. The number of hydrogen-bond acceptors (Lipinski definition) is 11. The molecule has 2 aromatic heterocycles. The van der Waals surface area contributed by atoms with Crippen LogP contribution >= 0.6 is 22.9 Å². The summed E-state index contributed by atoms with van der Waals surface area (Å²) in [4.78, 5) is 74.4. The summed E-state index contributed by atoms with van der Waals surface area (Å²) in [6.07, 6.45) is 1.07. The average Bonchev–Trinajstić information content (AvgIpc) is 3.90. The van der Waals surface area contributed by atoms with E-state index in [0.717, 1.165) is 21.7 Å². The SMILES string of the molecule is Cc1ncsc1-c1ccc(CNC(=O)[C@@H]2C[C@@H](O)CN2C(=O)[C@@H](NC(=O)CCCNC(=O)c2ccc(Nc3ncc4c(n3)-c3ccc(Cl)cc3C(c3c(F)cccc3F)=NC4)cc2)C(C)(C)C)cc1. The number of hydrogen-bond donors (Lipinski definition) is 5. The maximum absolute atomic E-state index is 15.0. The number of aliphatic hydroxyl groups excluding tert-OH is 1. The van der Waals surface area contributed by atoms with Gasteiger partial charge in [-0.15, -0.1) is 11.3 Å². The van der Waals surface area contributed by atoms with Gasteiger partial charge in [0, 0.05) is 71.6 Å². The molecule has 0 unspecified atom stereocenters. The molecule has 2 aliphatic rings. The second-order valence-corrected chi connectivity index (χ2v) is 19.3. The summed E-state index contributed by atoms with van der Waals surface area (Å²) in [7, 11) is 0. The monoisotopic (exact) mass is 973 g/mol. The van der Waals surface area contributed by atoms with Gasteiger partial charge in [-0.25, -0.2) is 23.7 Å². The van der Waals surface area contributed by atoms with Gasteiger partial charge in [-0.2, -0.15) is 0 Å². The van der Waals surface area contributed by atoms with Crippen LogP contribution in [0.25, 0.3) is 21.7 Å². The van der Waals surface area contributed by atoms with Crippen LogP contribution < -0.4 is 21.3 Å². The first-order chi connectivity index (χ1) is 33.0. The lowest BCUT2D eigenvalue weighted by molar-refractivity contribution is -0.144. The lowest BCUT2D eigenvalue weighted by Gasteiger charge is -2.35. The molecule has 18 heteroatoms. The number of fused-ring (bicyclic) bond motifs is 3. The van der Waals surface area contributed by atoms with E-state index in [2.05, 4.69) is 36.2 Å². The van der Waals surface area contributed by atoms with E-state index in [1.165, 1.54) is 23.1 Å². The molecule has 4 heterocycles. The lowest BCUT2D eigenvalue weighted by atomic mass is 9.85. The normalized spacial score (nSPS) is 15.8. The average molecular weight is 975 g/mol. The standard InChI is InChI=1S/C51H50ClF2N9O5S/c1-28-45(69-27-59-28)30-12-10-29(11-13-30)23-57-48(67)40-22-35(64)26-63(40)49(68)46(51(2,3)4)61-41(65)9-6-20-55-47(66)31-14-17-34(18-15-31)60-50-58-25-32-24-56-44(42-38(53)7-5-8-39(42)54)37-21-33(52)16-19-36(37)43(32)62-50/h5,7-8,10-19,21,25,27,35,40,46,64H,6,9,20,22-24,26H2,1-4H3,(H,55,66)(H,57,67)(H,61,65)(H,58,60,62)/t35-,40+,46-/m1/s1. The van der Waals surface area contributed by atoms with Crippen molar-refractivity contribution in [3.05, 3.63) is 147 Å². The highest BCUT2D eigenvalue weighted by Gasteiger charge is 2.44. The maximum atomic E-state index is 15.0. The van der Waals surface area contributed by atoms with Crippen molar-refractivity contribution in [2.24, 2.45) is 10.4 Å². The number of halogens is 3. The topological polar surface area (TPSA) is 191 Å². The fourth-order valence-corrected chi connectivity index (χ4v) is 9.31. The molecule has 8 rings (SSSR count). The Bertz CT molecular complexity index is 2920. The minimum atomic E-state index is -0.987. The number of nitrogens with one attached hydrogen (secondary N) is 4. The van der Waals surface area contributed by atoms with Crippen molar-refractivity contribution >= 4 is 63.9 Å². The van der Waals surface area contributed by atoms with Crippen molar-refractivity contribution in [3.63, 3.8) is 0 Å². The van der Waals surface area contributed by atoms with Crippen molar-refractivity contribution in [3.8, 4) is 21.7 Å². The summed E-state index contributed by atoms with van der Waals surface area (Å²) in [5, 5.41) is 22.7. The van der Waals surface area contributed by atoms with Crippen LogP contribution in [0.3, 0.4) is 0 Å². The van der Waals surface area contributed by atoms with E-state index in [0.29, 0.717) is 38.7 Å². The molecule has 0 saturated carbocycles. The summed E-state index contributed by atoms with van der Waals surface area (Å²) in [6, 6.07) is 21.2. The molecule has 0 aliphatic carbocycles. The van der Waals surface area contributed by atoms with Crippen molar-refractivity contribution in [1.29, 1.82) is 0 Å². The molecule has 0 radical (unpaired) electrons. The van der Waals surface area contributed by atoms with Crippen LogP contribution in [0.15, 0.2) is 102 Å². The maximum Gasteiger partial charge on any atom is 0.251 e. The largest absolute Gasteiger partial charge is 0.391 e. The van der Waals surface area contributed by atoms with Gasteiger partial charge < -0.3 is 31.3 Å². The molecule has 4 aromatic carbocycles. The van der Waals surface area contributed by atoms with Gasteiger partial charge in [-0.05, 0) is 78.4 Å². The number of carbonyl (C=O) groups is 4. The Morgan fingerprint density at radius 1 is 0.942 bits per heavy atom. The van der Waals surface area contributed by atoms with E-state index in [1.807, 2.05) is 52.0 Å². The minimum absolute atomic E-state index is 0.0165. The smallest absolute Gasteiger partial charge is 0.251 e. The number of β-amino-alcohol motifs (C(OH)–C–C–N with tert-alkyl or cyclic N) is 1. The summed E-state index contributed by atoms with van der Waals surface area (Å²) < 4.78 is 29.9. The third-order valence-corrected chi connectivity index (χ3v) is 13.2. The predicted octanol–water partition coefficient (Wildman–Crippen LogP) is 7.92. The number of thiazole rings is 1. The molecule has 1 saturated heterocycles. The number of aliphatic hydroxyl groups is 1. The molecule has 14 nitrogen and oxygen atoms in total. The van der Waals surface area contributed by atoms with Crippen molar-refractivity contribution in [1.82, 2.24) is 35.8 Å². The number of benzene rings is 4. The van der Waals surface area contributed by atoms with Gasteiger partial charge in [0.15, 0.2) is 0 Å². The summed E-state index contributed by atoms with van der Waals surface area (Å²) in [6.45, 7) is 7.84. The molecule has 2 aliphatic heterocycles. The minimum Gasteiger partial charge on any atom is -0.391 e. The highest BCUT2D eigenvalue weighted by molar-refractivity contribution is 7.13. The van der Waals surface area contributed by atoms with Gasteiger partial charge in [0.05, 0.1) is 45.7 Å². The molecular weight excluding hydrogens is 924 g/mol. The molecule has 1 fully saturated rings. The second-order valence-electron chi connectivity index (χ2n) is 18.0. The predicted molar refractivity (Wildman–Crippen MR) is 261 cm³/mol. The molecule has 4 amide bonds. The molecule has 5 N–H and O–H groups in total. The number of amides is 4. The number of aryl methyl sites for hydroxylation is 1. The first-order valence-electron chi connectivity index (χ1n) is 22.4. The third-order valence-electron chi connectivity index (χ3n) is 11.9. The van der Waals surface area contributed by atoms with Gasteiger partial charge in [-0.1, -0.05) is 68.8 Å². The lowest BCUT2D eigenvalue weighted by Crippen LogP contribution is -2.57. The Kier molecular flexibility index (Phi) is 14.6. The molecule has 0 bridgehead atoms. The zero-order chi connectivity index (χ0) is 49.0. The highest BCUT2D eigenvalue weighted by atomic mass is 35.5. The van der Waals surface area contributed by atoms with Crippen molar-refractivity contribution < 1.29 is 33.1 Å². The van der Waals surface area contributed by atoms with Crippen molar-refractivity contribution in [2.45, 2.75) is 78.2 Å². The summed E-state index contributed by atoms with van der Waals surface area (Å²) in [5.74, 6) is -2.88. The number of anilines is 2. The molecule has 69 heavy (non-hydrogen) atoms. The third kappa shape index (κ3) is 11.2. The summed E-state index contributed by atoms with van der Waals surface area (Å²) in [5.41, 5.74) is 6.87. The van der Waals surface area contributed by atoms with Crippen LogP contribution in [0.5, 0.6) is 0 Å².